The summed E-state index contributed by atoms with van der Waals surface area (Å²) in [7, 11) is 0. The van der Waals surface area contributed by atoms with Gasteiger partial charge in [0.25, 0.3) is 5.91 Å². The second-order valence-corrected chi connectivity index (χ2v) is 7.56. The first kappa shape index (κ1) is 18.9. The van der Waals surface area contributed by atoms with Crippen molar-refractivity contribution < 1.29 is 14.3 Å². The van der Waals surface area contributed by atoms with Gasteiger partial charge in [-0.1, -0.05) is 17.7 Å². The van der Waals surface area contributed by atoms with E-state index in [1.54, 1.807) is 0 Å². The minimum atomic E-state index is -0.0829. The Morgan fingerprint density at radius 2 is 2.00 bits per heavy atom. The molecule has 2 aliphatic heterocycles. The Balaban J connectivity index is 1.61. The molecule has 142 valence electrons. The Kier molecular flexibility index (Phi) is 6.30. The van der Waals surface area contributed by atoms with Crippen LogP contribution in [-0.4, -0.2) is 61.0 Å². The van der Waals surface area contributed by atoms with Gasteiger partial charge in [0.1, 0.15) is 0 Å². The molecule has 2 saturated heterocycles. The molecule has 2 fully saturated rings. The zero-order valence-electron chi connectivity index (χ0n) is 15.9. The van der Waals surface area contributed by atoms with Crippen molar-refractivity contribution in [3.05, 3.63) is 35.4 Å². The third-order valence-corrected chi connectivity index (χ3v) is 5.55. The van der Waals surface area contributed by atoms with Crippen LogP contribution in [0.15, 0.2) is 24.3 Å². The van der Waals surface area contributed by atoms with Gasteiger partial charge in [-0.25, -0.2) is 0 Å². The smallest absolute Gasteiger partial charge is 0.253 e. The van der Waals surface area contributed by atoms with E-state index >= 15 is 0 Å². The molecule has 0 aliphatic carbocycles. The molecule has 0 bridgehead atoms. The predicted molar refractivity (Wildman–Crippen MR) is 101 cm³/mol. The molecule has 26 heavy (non-hydrogen) atoms. The van der Waals surface area contributed by atoms with E-state index in [1.807, 2.05) is 47.9 Å². The van der Waals surface area contributed by atoms with Crippen LogP contribution in [0.5, 0.6) is 0 Å². The summed E-state index contributed by atoms with van der Waals surface area (Å²) in [6.07, 6.45) is 2.79. The van der Waals surface area contributed by atoms with E-state index in [1.165, 1.54) is 0 Å². The number of likely N-dealkylation sites (tertiary alicyclic amines) is 1. The molecule has 3 rings (SSSR count). The Bertz CT molecular complexity index is 623. The lowest BCUT2D eigenvalue weighted by atomic mass is 9.95. The first-order valence-corrected chi connectivity index (χ1v) is 9.81. The van der Waals surface area contributed by atoms with Crippen LogP contribution in [0, 0.1) is 18.8 Å². The normalized spacial score (nSPS) is 23.1. The van der Waals surface area contributed by atoms with Gasteiger partial charge in [-0.05, 0) is 45.2 Å². The summed E-state index contributed by atoms with van der Waals surface area (Å²) in [4.78, 5) is 29.6. The SMILES string of the molecule is CCN(CC1CCOC1)C(=O)C1CCCN(C(=O)c2ccc(C)cc2)C1. The highest BCUT2D eigenvalue weighted by Gasteiger charge is 2.32. The van der Waals surface area contributed by atoms with Gasteiger partial charge in [0.15, 0.2) is 0 Å². The highest BCUT2D eigenvalue weighted by molar-refractivity contribution is 5.94. The van der Waals surface area contributed by atoms with Crippen molar-refractivity contribution in [3.63, 3.8) is 0 Å². The van der Waals surface area contributed by atoms with E-state index in [9.17, 15) is 9.59 Å². The molecule has 0 spiro atoms. The number of carbonyl (C=O) groups excluding carboxylic acids is 2. The maximum atomic E-state index is 13.0. The molecule has 1 aromatic rings. The van der Waals surface area contributed by atoms with Crippen molar-refractivity contribution in [1.29, 1.82) is 0 Å². The summed E-state index contributed by atoms with van der Waals surface area (Å²) in [6, 6.07) is 7.67. The van der Waals surface area contributed by atoms with Gasteiger partial charge >= 0.3 is 0 Å². The quantitative estimate of drug-likeness (QED) is 0.813. The van der Waals surface area contributed by atoms with Crippen molar-refractivity contribution in [2.75, 3.05) is 39.4 Å². The lowest BCUT2D eigenvalue weighted by molar-refractivity contribution is -0.137. The summed E-state index contributed by atoms with van der Waals surface area (Å²) >= 11 is 0. The maximum absolute atomic E-state index is 13.0. The number of hydrogen-bond acceptors (Lipinski definition) is 3. The zero-order valence-corrected chi connectivity index (χ0v) is 15.9. The fourth-order valence-corrected chi connectivity index (χ4v) is 3.91. The monoisotopic (exact) mass is 358 g/mol. The van der Waals surface area contributed by atoms with Crippen LogP contribution < -0.4 is 0 Å². The fourth-order valence-electron chi connectivity index (χ4n) is 3.91. The van der Waals surface area contributed by atoms with Gasteiger partial charge in [-0.2, -0.15) is 0 Å². The molecule has 2 amide bonds. The number of piperidine rings is 1. The molecule has 5 nitrogen and oxygen atoms in total. The minimum absolute atomic E-state index is 0.0368. The molecule has 2 aliphatic rings. The predicted octanol–water partition coefficient (Wildman–Crippen LogP) is 2.73. The highest BCUT2D eigenvalue weighted by atomic mass is 16.5. The maximum Gasteiger partial charge on any atom is 0.253 e. The van der Waals surface area contributed by atoms with Gasteiger partial charge in [-0.15, -0.1) is 0 Å². The van der Waals surface area contributed by atoms with Crippen molar-refractivity contribution in [2.45, 2.75) is 33.1 Å². The van der Waals surface area contributed by atoms with Gasteiger partial charge in [0.2, 0.25) is 5.91 Å². The summed E-state index contributed by atoms with van der Waals surface area (Å²) < 4.78 is 5.44. The van der Waals surface area contributed by atoms with E-state index in [0.29, 0.717) is 18.0 Å². The van der Waals surface area contributed by atoms with Crippen LogP contribution >= 0.6 is 0 Å². The summed E-state index contributed by atoms with van der Waals surface area (Å²) in [6.45, 7) is 8.37. The van der Waals surface area contributed by atoms with Crippen molar-refractivity contribution >= 4 is 11.8 Å². The van der Waals surface area contributed by atoms with Gasteiger partial charge in [0, 0.05) is 44.3 Å². The molecule has 0 N–H and O–H groups in total. The Labute approximate surface area is 156 Å². The molecular formula is C21H30N2O3. The number of benzene rings is 1. The Hall–Kier alpha value is -1.88. The van der Waals surface area contributed by atoms with E-state index in [2.05, 4.69) is 0 Å². The van der Waals surface area contributed by atoms with E-state index in [-0.39, 0.29) is 17.7 Å². The minimum Gasteiger partial charge on any atom is -0.381 e. The van der Waals surface area contributed by atoms with Gasteiger partial charge in [0.05, 0.1) is 12.5 Å². The van der Waals surface area contributed by atoms with Crippen molar-refractivity contribution in [3.8, 4) is 0 Å². The number of nitrogens with zero attached hydrogens (tertiary/aromatic N) is 2. The summed E-state index contributed by atoms with van der Waals surface area (Å²) in [5, 5.41) is 0. The third-order valence-electron chi connectivity index (χ3n) is 5.55. The van der Waals surface area contributed by atoms with E-state index < -0.39 is 0 Å². The van der Waals surface area contributed by atoms with Crippen LogP contribution in [0.4, 0.5) is 0 Å². The average molecular weight is 358 g/mol. The second kappa shape index (κ2) is 8.67. The molecule has 2 unspecified atom stereocenters. The molecule has 0 aromatic heterocycles. The summed E-state index contributed by atoms with van der Waals surface area (Å²) in [5.41, 5.74) is 1.85. The fraction of sp³-hybridized carbons (Fsp3) is 0.619. The number of rotatable bonds is 5. The third kappa shape index (κ3) is 4.44. The highest BCUT2D eigenvalue weighted by Crippen LogP contribution is 2.22. The number of hydrogen-bond donors (Lipinski definition) is 0. The molecule has 0 radical (unpaired) electrons. The number of carbonyl (C=O) groups is 2. The standard InChI is InChI=1S/C21H30N2O3/c1-3-22(13-17-10-12-26-15-17)21(25)19-5-4-11-23(14-19)20(24)18-8-6-16(2)7-9-18/h6-9,17,19H,3-5,10-15H2,1-2H3. The number of amides is 2. The number of ether oxygens (including phenoxy) is 1. The molecule has 1 aromatic carbocycles. The lowest BCUT2D eigenvalue weighted by Gasteiger charge is -2.35. The second-order valence-electron chi connectivity index (χ2n) is 7.56. The van der Waals surface area contributed by atoms with Crippen LogP contribution in [0.3, 0.4) is 0 Å². The molecule has 2 atom stereocenters. The van der Waals surface area contributed by atoms with Gasteiger partial charge < -0.3 is 14.5 Å². The zero-order chi connectivity index (χ0) is 18.5. The average Bonchev–Trinajstić information content (AvgIpc) is 3.19. The van der Waals surface area contributed by atoms with Crippen LogP contribution in [0.2, 0.25) is 0 Å². The van der Waals surface area contributed by atoms with Crippen molar-refractivity contribution in [1.82, 2.24) is 9.80 Å². The topological polar surface area (TPSA) is 49.9 Å². The van der Waals surface area contributed by atoms with Gasteiger partial charge in [-0.3, -0.25) is 9.59 Å². The lowest BCUT2D eigenvalue weighted by Crippen LogP contribution is -2.47. The molecule has 2 heterocycles. The molecular weight excluding hydrogens is 328 g/mol. The first-order chi connectivity index (χ1) is 12.6. The Morgan fingerprint density at radius 1 is 1.23 bits per heavy atom. The van der Waals surface area contributed by atoms with E-state index in [4.69, 9.17) is 4.74 Å². The first-order valence-electron chi connectivity index (χ1n) is 9.81. The van der Waals surface area contributed by atoms with Crippen LogP contribution in [-0.2, 0) is 9.53 Å². The largest absolute Gasteiger partial charge is 0.381 e. The van der Waals surface area contributed by atoms with Crippen LogP contribution in [0.25, 0.3) is 0 Å². The van der Waals surface area contributed by atoms with Crippen molar-refractivity contribution in [2.24, 2.45) is 11.8 Å². The molecule has 5 heteroatoms. The van der Waals surface area contributed by atoms with E-state index in [0.717, 1.165) is 57.7 Å². The summed E-state index contributed by atoms with van der Waals surface area (Å²) in [5.74, 6) is 0.601. The number of aryl methyl sites for hydroxylation is 1. The van der Waals surface area contributed by atoms with Crippen LogP contribution in [0.1, 0.15) is 42.1 Å². The Morgan fingerprint density at radius 3 is 2.65 bits per heavy atom. The molecule has 0 saturated carbocycles.